The van der Waals surface area contributed by atoms with E-state index in [1.165, 1.54) is 0 Å². The normalized spacial score (nSPS) is 28.5. The Morgan fingerprint density at radius 3 is 2.65 bits per heavy atom. The summed E-state index contributed by atoms with van der Waals surface area (Å²) < 4.78 is 16.7. The predicted octanol–water partition coefficient (Wildman–Crippen LogP) is 3.09. The Morgan fingerprint density at radius 2 is 1.96 bits per heavy atom. The van der Waals surface area contributed by atoms with Crippen LogP contribution in [0.2, 0.25) is 0 Å². The number of aliphatic hydroxyl groups is 1. The maximum atomic E-state index is 11.7. The lowest BCUT2D eigenvalue weighted by Gasteiger charge is -2.42. The van der Waals surface area contributed by atoms with Crippen LogP contribution in [0, 0.1) is 11.8 Å². The number of benzene rings is 1. The van der Waals surface area contributed by atoms with Gasteiger partial charge >= 0.3 is 6.09 Å². The average Bonchev–Trinajstić information content (AvgIpc) is 2.66. The number of ether oxygens (including phenoxy) is 3. The van der Waals surface area contributed by atoms with E-state index in [0.717, 1.165) is 12.0 Å². The zero-order valence-corrected chi connectivity index (χ0v) is 15.9. The maximum absolute atomic E-state index is 11.7. The molecule has 1 aliphatic rings. The molecule has 0 bridgehead atoms. The fraction of sp³-hybridized carbons (Fsp3) is 0.650. The lowest BCUT2D eigenvalue weighted by Crippen LogP contribution is -2.50. The smallest absolute Gasteiger partial charge is 0.407 e. The Hall–Kier alpha value is -1.63. The van der Waals surface area contributed by atoms with Crippen LogP contribution in [0.5, 0.6) is 0 Å². The molecular formula is C20H31NO5. The van der Waals surface area contributed by atoms with Gasteiger partial charge in [-0.2, -0.15) is 0 Å². The first kappa shape index (κ1) is 20.7. The number of aliphatic hydroxyl groups excluding tert-OH is 1. The minimum absolute atomic E-state index is 0.101. The molecule has 2 N–H and O–H groups in total. The molecule has 2 unspecified atom stereocenters. The van der Waals surface area contributed by atoms with Crippen LogP contribution >= 0.6 is 0 Å². The van der Waals surface area contributed by atoms with Gasteiger partial charge in [0.15, 0.2) is 6.29 Å². The quantitative estimate of drug-likeness (QED) is 0.692. The summed E-state index contributed by atoms with van der Waals surface area (Å²) in [5.74, 6) is 0.431. The molecule has 0 radical (unpaired) electrons. The molecule has 1 amide bonds. The Bertz CT molecular complexity index is 536. The van der Waals surface area contributed by atoms with Gasteiger partial charge in [0, 0.05) is 6.54 Å². The molecule has 0 aliphatic carbocycles. The highest BCUT2D eigenvalue weighted by Gasteiger charge is 2.40. The average molecular weight is 365 g/mol. The second kappa shape index (κ2) is 10.5. The summed E-state index contributed by atoms with van der Waals surface area (Å²) >= 11 is 0. The van der Waals surface area contributed by atoms with Gasteiger partial charge < -0.3 is 24.6 Å². The third-order valence-corrected chi connectivity index (χ3v) is 5.03. The van der Waals surface area contributed by atoms with E-state index in [9.17, 15) is 9.90 Å². The van der Waals surface area contributed by atoms with E-state index in [4.69, 9.17) is 14.2 Å². The number of nitrogens with one attached hydrogen (secondary N) is 1. The molecule has 0 spiro atoms. The molecule has 0 aromatic heterocycles. The Morgan fingerprint density at radius 1 is 1.23 bits per heavy atom. The molecule has 1 heterocycles. The van der Waals surface area contributed by atoms with Crippen molar-refractivity contribution in [2.24, 2.45) is 11.8 Å². The molecule has 1 aromatic carbocycles. The van der Waals surface area contributed by atoms with Crippen molar-refractivity contribution in [3.63, 3.8) is 0 Å². The van der Waals surface area contributed by atoms with Gasteiger partial charge in [-0.15, -0.1) is 0 Å². The van der Waals surface area contributed by atoms with Crippen LogP contribution in [0.4, 0.5) is 4.79 Å². The zero-order valence-electron chi connectivity index (χ0n) is 15.9. The first-order chi connectivity index (χ1) is 12.5. The van der Waals surface area contributed by atoms with Crippen molar-refractivity contribution >= 4 is 6.09 Å². The summed E-state index contributed by atoms with van der Waals surface area (Å²) in [5, 5.41) is 13.0. The topological polar surface area (TPSA) is 77.0 Å². The highest BCUT2D eigenvalue weighted by atomic mass is 16.7. The van der Waals surface area contributed by atoms with Crippen molar-refractivity contribution in [1.29, 1.82) is 0 Å². The third kappa shape index (κ3) is 5.97. The van der Waals surface area contributed by atoms with Gasteiger partial charge in [0.1, 0.15) is 12.7 Å². The number of amides is 1. The van der Waals surface area contributed by atoms with Crippen LogP contribution in [0.3, 0.4) is 0 Å². The molecule has 26 heavy (non-hydrogen) atoms. The Balaban J connectivity index is 1.60. The van der Waals surface area contributed by atoms with E-state index in [0.29, 0.717) is 25.5 Å². The van der Waals surface area contributed by atoms with Gasteiger partial charge in [0.2, 0.25) is 0 Å². The van der Waals surface area contributed by atoms with Crippen LogP contribution in [0.25, 0.3) is 0 Å². The lowest BCUT2D eigenvalue weighted by atomic mass is 9.83. The third-order valence-electron chi connectivity index (χ3n) is 5.03. The summed E-state index contributed by atoms with van der Waals surface area (Å²) in [4.78, 5) is 11.7. The SMILES string of the molecule is CCC1O[C@H](OCCCNC(=O)OCc2ccccc2)C(O)[C@@H](C)[C@@H]1C. The Kier molecular flexibility index (Phi) is 8.35. The number of rotatable bonds is 8. The van der Waals surface area contributed by atoms with Crippen molar-refractivity contribution in [3.05, 3.63) is 35.9 Å². The van der Waals surface area contributed by atoms with E-state index < -0.39 is 18.5 Å². The molecule has 1 fully saturated rings. The summed E-state index contributed by atoms with van der Waals surface area (Å²) in [5.41, 5.74) is 0.947. The fourth-order valence-electron chi connectivity index (χ4n) is 3.12. The highest BCUT2D eigenvalue weighted by Crippen LogP contribution is 2.32. The van der Waals surface area contributed by atoms with E-state index >= 15 is 0 Å². The molecule has 1 saturated heterocycles. The minimum atomic E-state index is -0.628. The summed E-state index contributed by atoms with van der Waals surface area (Å²) in [6.45, 7) is 7.30. The van der Waals surface area contributed by atoms with Crippen LogP contribution in [0.1, 0.15) is 39.2 Å². The molecule has 6 nitrogen and oxygen atoms in total. The van der Waals surface area contributed by atoms with E-state index in [-0.39, 0.29) is 18.6 Å². The number of hydrogen-bond acceptors (Lipinski definition) is 5. The lowest BCUT2D eigenvalue weighted by molar-refractivity contribution is -0.270. The maximum Gasteiger partial charge on any atom is 0.407 e. The van der Waals surface area contributed by atoms with Gasteiger partial charge in [0.05, 0.1) is 12.7 Å². The van der Waals surface area contributed by atoms with Crippen LogP contribution in [-0.2, 0) is 20.8 Å². The number of hydrogen-bond donors (Lipinski definition) is 2. The van der Waals surface area contributed by atoms with Gasteiger partial charge in [-0.1, -0.05) is 51.1 Å². The molecule has 2 rings (SSSR count). The molecule has 5 atom stereocenters. The summed E-state index contributed by atoms with van der Waals surface area (Å²) in [7, 11) is 0. The second-order valence-corrected chi connectivity index (χ2v) is 6.87. The van der Waals surface area contributed by atoms with Gasteiger partial charge in [-0.25, -0.2) is 4.79 Å². The molecule has 1 aromatic rings. The summed E-state index contributed by atoms with van der Waals surface area (Å²) in [6.07, 6.45) is -0.0609. The van der Waals surface area contributed by atoms with E-state index in [1.54, 1.807) is 0 Å². The number of carbonyl (C=O) groups excluding carboxylic acids is 1. The Labute approximate surface area is 155 Å². The first-order valence-corrected chi connectivity index (χ1v) is 9.42. The van der Waals surface area contributed by atoms with Crippen LogP contribution < -0.4 is 5.32 Å². The van der Waals surface area contributed by atoms with Crippen molar-refractivity contribution in [1.82, 2.24) is 5.32 Å². The van der Waals surface area contributed by atoms with Crippen molar-refractivity contribution < 1.29 is 24.1 Å². The van der Waals surface area contributed by atoms with Gasteiger partial charge in [-0.05, 0) is 30.2 Å². The second-order valence-electron chi connectivity index (χ2n) is 6.87. The minimum Gasteiger partial charge on any atom is -0.445 e. The molecule has 146 valence electrons. The standard InChI is InChI=1S/C20H31NO5/c1-4-17-14(2)15(3)18(22)19(26-17)24-12-8-11-21-20(23)25-13-16-9-6-5-7-10-16/h5-7,9-10,14-15,17-19,22H,4,8,11-13H2,1-3H3,(H,21,23)/t14-,15-,17?,18?,19-/m0/s1. The largest absolute Gasteiger partial charge is 0.445 e. The predicted molar refractivity (Wildman–Crippen MR) is 98.5 cm³/mol. The molecular weight excluding hydrogens is 334 g/mol. The van der Waals surface area contributed by atoms with Crippen LogP contribution in [-0.4, -0.2) is 42.8 Å². The first-order valence-electron chi connectivity index (χ1n) is 9.42. The van der Waals surface area contributed by atoms with Crippen molar-refractivity contribution in [2.75, 3.05) is 13.2 Å². The van der Waals surface area contributed by atoms with E-state index in [2.05, 4.69) is 19.2 Å². The van der Waals surface area contributed by atoms with Crippen LogP contribution in [0.15, 0.2) is 30.3 Å². The monoisotopic (exact) mass is 365 g/mol. The van der Waals surface area contributed by atoms with Gasteiger partial charge in [0.25, 0.3) is 0 Å². The zero-order chi connectivity index (χ0) is 18.9. The summed E-state index contributed by atoms with van der Waals surface area (Å²) in [6, 6.07) is 9.53. The van der Waals surface area contributed by atoms with Crippen molar-refractivity contribution in [2.45, 2.75) is 58.7 Å². The fourth-order valence-corrected chi connectivity index (χ4v) is 3.12. The molecule has 1 aliphatic heterocycles. The molecule has 6 heteroatoms. The van der Waals surface area contributed by atoms with Gasteiger partial charge in [-0.3, -0.25) is 0 Å². The molecule has 0 saturated carbocycles. The highest BCUT2D eigenvalue weighted by molar-refractivity contribution is 5.67. The number of carbonyl (C=O) groups is 1. The van der Waals surface area contributed by atoms with Crippen molar-refractivity contribution in [3.8, 4) is 0 Å². The van der Waals surface area contributed by atoms with E-state index in [1.807, 2.05) is 37.3 Å². The number of alkyl carbamates (subject to hydrolysis) is 1.